The molecule has 1 aromatic carbocycles. The number of likely N-dealkylation sites (tertiary alicyclic amines) is 1. The van der Waals surface area contributed by atoms with Gasteiger partial charge in [0.1, 0.15) is 0 Å². The monoisotopic (exact) mass is 349 g/mol. The topological polar surface area (TPSA) is 57.2 Å². The Morgan fingerprint density at radius 3 is 2.76 bits per heavy atom. The molecule has 0 spiro atoms. The van der Waals surface area contributed by atoms with Crippen LogP contribution in [0, 0.1) is 0 Å². The van der Waals surface area contributed by atoms with Crippen LogP contribution in [-0.2, 0) is 19.7 Å². The van der Waals surface area contributed by atoms with E-state index in [-0.39, 0.29) is 18.3 Å². The highest BCUT2D eigenvalue weighted by atomic mass is 16.7. The van der Waals surface area contributed by atoms with Crippen LogP contribution >= 0.6 is 0 Å². The zero-order chi connectivity index (χ0) is 17.9. The Kier molecular flexibility index (Phi) is 5.49. The molecule has 1 unspecified atom stereocenters. The van der Waals surface area contributed by atoms with E-state index in [9.17, 15) is 4.79 Å². The van der Waals surface area contributed by atoms with Gasteiger partial charge >= 0.3 is 0 Å². The largest absolute Gasteiger partial charge is 0.493 e. The zero-order valence-corrected chi connectivity index (χ0v) is 15.2. The highest BCUT2D eigenvalue weighted by Crippen LogP contribution is 2.50. The molecule has 6 nitrogen and oxygen atoms in total. The third-order valence-electron chi connectivity index (χ3n) is 5.88. The molecule has 0 bridgehead atoms. The number of fused-ring (bicyclic) bond motifs is 1. The molecule has 2 fully saturated rings. The molecule has 25 heavy (non-hydrogen) atoms. The summed E-state index contributed by atoms with van der Waals surface area (Å²) in [7, 11) is 5.51. The molecule has 138 valence electrons. The van der Waals surface area contributed by atoms with Crippen molar-refractivity contribution in [3.8, 4) is 11.5 Å². The van der Waals surface area contributed by atoms with Gasteiger partial charge in [0.05, 0.1) is 20.3 Å². The third-order valence-corrected chi connectivity index (χ3v) is 5.88. The van der Waals surface area contributed by atoms with E-state index in [4.69, 9.17) is 18.9 Å². The van der Waals surface area contributed by atoms with Gasteiger partial charge in [-0.1, -0.05) is 6.07 Å². The summed E-state index contributed by atoms with van der Waals surface area (Å²) in [6, 6.07) is 6.70. The molecular formula is C19H27NO5. The predicted octanol–water partition coefficient (Wildman–Crippen LogP) is 2.35. The van der Waals surface area contributed by atoms with Crippen molar-refractivity contribution in [2.24, 2.45) is 0 Å². The molecule has 3 atom stereocenters. The second-order valence-corrected chi connectivity index (χ2v) is 6.92. The second-order valence-electron chi connectivity index (χ2n) is 6.92. The summed E-state index contributed by atoms with van der Waals surface area (Å²) in [6.07, 6.45) is 4.19. The van der Waals surface area contributed by atoms with Gasteiger partial charge in [-0.3, -0.25) is 4.79 Å². The smallest absolute Gasteiger partial charge is 0.295 e. The van der Waals surface area contributed by atoms with Crippen molar-refractivity contribution in [1.29, 1.82) is 0 Å². The van der Waals surface area contributed by atoms with Crippen LogP contribution in [0.3, 0.4) is 0 Å². The Morgan fingerprint density at radius 2 is 2.04 bits per heavy atom. The maximum atomic E-state index is 10.3. The van der Waals surface area contributed by atoms with Crippen LogP contribution in [0.4, 0.5) is 0 Å². The number of hydrogen-bond donors (Lipinski definition) is 0. The van der Waals surface area contributed by atoms with Crippen molar-refractivity contribution in [3.63, 3.8) is 0 Å². The van der Waals surface area contributed by atoms with E-state index in [0.29, 0.717) is 12.5 Å². The normalized spacial score (nSPS) is 29.1. The lowest BCUT2D eigenvalue weighted by atomic mass is 9.65. The van der Waals surface area contributed by atoms with Crippen molar-refractivity contribution in [2.75, 3.05) is 34.6 Å². The highest BCUT2D eigenvalue weighted by molar-refractivity contribution is 5.46. The van der Waals surface area contributed by atoms with Crippen LogP contribution in [0.1, 0.15) is 31.2 Å². The van der Waals surface area contributed by atoms with Gasteiger partial charge in [0.25, 0.3) is 6.47 Å². The molecule has 0 aromatic heterocycles. The molecule has 1 saturated carbocycles. The fourth-order valence-corrected chi connectivity index (χ4v) is 4.54. The first-order valence-electron chi connectivity index (χ1n) is 8.74. The van der Waals surface area contributed by atoms with E-state index < -0.39 is 0 Å². The Bertz CT molecular complexity index is 607. The van der Waals surface area contributed by atoms with E-state index in [2.05, 4.69) is 24.1 Å². The minimum Gasteiger partial charge on any atom is -0.493 e. The van der Waals surface area contributed by atoms with Gasteiger partial charge in [-0.15, -0.1) is 0 Å². The molecule has 1 heterocycles. The number of nitrogens with zero attached hydrogens (tertiary/aromatic N) is 1. The van der Waals surface area contributed by atoms with Crippen LogP contribution in [0.15, 0.2) is 18.2 Å². The van der Waals surface area contributed by atoms with Crippen molar-refractivity contribution in [1.82, 2.24) is 4.90 Å². The fraction of sp³-hybridized carbons (Fsp3) is 0.632. The average Bonchev–Trinajstić information content (AvgIpc) is 2.99. The lowest BCUT2D eigenvalue weighted by molar-refractivity contribution is -0.149. The molecule has 0 radical (unpaired) electrons. The second kappa shape index (κ2) is 7.62. The van der Waals surface area contributed by atoms with Crippen molar-refractivity contribution in [2.45, 2.75) is 43.2 Å². The summed E-state index contributed by atoms with van der Waals surface area (Å²) in [5.74, 6) is 1.54. The van der Waals surface area contributed by atoms with Crippen molar-refractivity contribution < 1.29 is 23.7 Å². The molecule has 1 aliphatic heterocycles. The minimum absolute atomic E-state index is 0.0357. The summed E-state index contributed by atoms with van der Waals surface area (Å²) in [5, 5.41) is 0. The van der Waals surface area contributed by atoms with Gasteiger partial charge in [-0.25, -0.2) is 0 Å². The van der Waals surface area contributed by atoms with Gasteiger partial charge in [0, 0.05) is 11.5 Å². The molecular weight excluding hydrogens is 322 g/mol. The summed E-state index contributed by atoms with van der Waals surface area (Å²) in [6.45, 7) is 1.53. The van der Waals surface area contributed by atoms with E-state index in [1.807, 2.05) is 6.07 Å². The quantitative estimate of drug-likeness (QED) is 0.428. The third kappa shape index (κ3) is 3.33. The molecule has 6 heteroatoms. The summed E-state index contributed by atoms with van der Waals surface area (Å²) in [4.78, 5) is 12.7. The van der Waals surface area contributed by atoms with Crippen molar-refractivity contribution in [3.05, 3.63) is 23.8 Å². The van der Waals surface area contributed by atoms with Crippen LogP contribution in [0.5, 0.6) is 11.5 Å². The van der Waals surface area contributed by atoms with Crippen LogP contribution < -0.4 is 9.47 Å². The summed E-state index contributed by atoms with van der Waals surface area (Å²) >= 11 is 0. The number of benzene rings is 1. The number of carbonyl (C=O) groups is 1. The highest BCUT2D eigenvalue weighted by Gasteiger charge is 2.50. The molecule has 1 aromatic rings. The first-order valence-corrected chi connectivity index (χ1v) is 8.74. The summed E-state index contributed by atoms with van der Waals surface area (Å²) < 4.78 is 21.3. The number of hydrogen-bond acceptors (Lipinski definition) is 6. The molecule has 3 rings (SSSR count). The maximum Gasteiger partial charge on any atom is 0.295 e. The lowest BCUT2D eigenvalue weighted by Gasteiger charge is -2.44. The number of rotatable bonds is 7. The fourth-order valence-electron chi connectivity index (χ4n) is 4.54. The van der Waals surface area contributed by atoms with Crippen LogP contribution in [0.2, 0.25) is 0 Å². The Morgan fingerprint density at radius 1 is 1.24 bits per heavy atom. The van der Waals surface area contributed by atoms with Gasteiger partial charge in [0.15, 0.2) is 18.3 Å². The number of carbonyl (C=O) groups excluding carboxylic acids is 1. The number of methoxy groups -OCH3 is 2. The molecule has 0 N–H and O–H groups in total. The lowest BCUT2D eigenvalue weighted by Crippen LogP contribution is -2.48. The van der Waals surface area contributed by atoms with Crippen LogP contribution in [-0.4, -0.2) is 58.1 Å². The minimum atomic E-state index is 0.0357. The van der Waals surface area contributed by atoms with E-state index in [1.54, 1.807) is 14.2 Å². The molecule has 0 amide bonds. The Balaban J connectivity index is 1.83. The first-order chi connectivity index (χ1) is 12.1. The van der Waals surface area contributed by atoms with Gasteiger partial charge in [0.2, 0.25) is 0 Å². The average molecular weight is 349 g/mol. The molecule has 1 saturated heterocycles. The van der Waals surface area contributed by atoms with Gasteiger partial charge in [-0.05, 0) is 57.0 Å². The van der Waals surface area contributed by atoms with Gasteiger partial charge < -0.3 is 23.8 Å². The molecule has 2 aliphatic rings. The zero-order valence-electron chi connectivity index (χ0n) is 15.2. The van der Waals surface area contributed by atoms with Crippen molar-refractivity contribution >= 4 is 6.47 Å². The Labute approximate surface area is 149 Å². The van der Waals surface area contributed by atoms with E-state index >= 15 is 0 Å². The first kappa shape index (κ1) is 18.0. The SMILES string of the molecule is COc1ccc([C@@]23CCC(OCOC=O)C[C@@H]2N(C)CC3)cc1OC. The standard InChI is InChI=1S/C19H27NO5/c1-20-9-8-19(14-4-5-16(22-2)17(10-14)23-3)7-6-15(11-18(19)20)25-13-24-12-21/h4-5,10,12,15,18H,6-9,11,13H2,1-3H3/t15?,18-,19-/m0/s1. The van der Waals surface area contributed by atoms with Crippen LogP contribution in [0.25, 0.3) is 0 Å². The summed E-state index contributed by atoms with van der Waals surface area (Å²) in [5.41, 5.74) is 1.42. The molecule has 1 aliphatic carbocycles. The Hall–Kier alpha value is -1.79. The van der Waals surface area contributed by atoms with E-state index in [0.717, 1.165) is 43.7 Å². The van der Waals surface area contributed by atoms with Gasteiger partial charge in [-0.2, -0.15) is 0 Å². The number of ether oxygens (including phenoxy) is 4. The number of likely N-dealkylation sites (N-methyl/N-ethyl adjacent to an activating group) is 1. The maximum absolute atomic E-state index is 10.3. The predicted molar refractivity (Wildman–Crippen MR) is 93.0 cm³/mol. The van der Waals surface area contributed by atoms with E-state index in [1.165, 1.54) is 5.56 Å².